The number of aromatic nitrogens is 6. The maximum atomic E-state index is 14.3. The van der Waals surface area contributed by atoms with Crippen LogP contribution in [0.1, 0.15) is 32.1 Å². The van der Waals surface area contributed by atoms with E-state index in [2.05, 4.69) is 30.5 Å². The van der Waals surface area contributed by atoms with E-state index >= 15 is 0 Å². The van der Waals surface area contributed by atoms with Crippen molar-refractivity contribution in [2.75, 3.05) is 12.4 Å². The number of aromatic amines is 2. The van der Waals surface area contributed by atoms with Crippen molar-refractivity contribution in [3.05, 3.63) is 72.9 Å². The van der Waals surface area contributed by atoms with Crippen molar-refractivity contribution in [1.29, 1.82) is 0 Å². The molecular weight excluding hydrogens is 533 g/mol. The number of methoxy groups -OCH3 is 1. The highest BCUT2D eigenvalue weighted by molar-refractivity contribution is 5.99. The van der Waals surface area contributed by atoms with Crippen LogP contribution in [0.25, 0.3) is 55.8 Å². The smallest absolute Gasteiger partial charge is 0.227 e. The number of anilines is 1. The number of rotatable bonds is 6. The van der Waals surface area contributed by atoms with Gasteiger partial charge in [-0.2, -0.15) is 5.10 Å². The summed E-state index contributed by atoms with van der Waals surface area (Å²) in [5.41, 5.74) is 7.06. The molecule has 1 aromatic carbocycles. The highest BCUT2D eigenvalue weighted by atomic mass is 19.1. The molecule has 42 heavy (non-hydrogen) atoms. The van der Waals surface area contributed by atoms with Gasteiger partial charge in [-0.3, -0.25) is 14.9 Å². The fraction of sp³-hybridized carbons (Fsp3) is 0.219. The lowest BCUT2D eigenvalue weighted by Crippen LogP contribution is -2.24. The van der Waals surface area contributed by atoms with Gasteiger partial charge >= 0.3 is 0 Å². The van der Waals surface area contributed by atoms with Gasteiger partial charge in [0.15, 0.2) is 0 Å². The molecule has 0 atom stereocenters. The molecule has 0 unspecified atom stereocenters. The van der Waals surface area contributed by atoms with Gasteiger partial charge in [0.1, 0.15) is 28.4 Å². The fourth-order valence-electron chi connectivity index (χ4n) is 5.75. The molecule has 1 aliphatic rings. The Balaban J connectivity index is 1.23. The molecule has 0 bridgehead atoms. The zero-order chi connectivity index (χ0) is 28.6. The molecule has 6 aromatic rings. The average molecular weight is 562 g/mol. The van der Waals surface area contributed by atoms with Gasteiger partial charge in [0, 0.05) is 35.3 Å². The van der Waals surface area contributed by atoms with Gasteiger partial charge in [-0.25, -0.2) is 14.4 Å². The Hall–Kier alpha value is -5.12. The van der Waals surface area contributed by atoms with Gasteiger partial charge in [-0.05, 0) is 66.4 Å². The second-order valence-electron chi connectivity index (χ2n) is 10.6. The van der Waals surface area contributed by atoms with Crippen molar-refractivity contribution in [3.8, 4) is 39.5 Å². The van der Waals surface area contributed by atoms with E-state index in [9.17, 15) is 9.18 Å². The number of hydrogen-bond donors (Lipinski definition) is 3. The maximum absolute atomic E-state index is 14.3. The number of halogens is 1. The maximum Gasteiger partial charge on any atom is 0.227 e. The number of pyridine rings is 3. The number of hydrogen-bond acceptors (Lipinski definition) is 6. The van der Waals surface area contributed by atoms with E-state index in [1.807, 2.05) is 30.3 Å². The number of carbonyl (C=O) groups excluding carboxylic acids is 1. The molecule has 10 heteroatoms. The van der Waals surface area contributed by atoms with E-state index in [-0.39, 0.29) is 17.6 Å². The van der Waals surface area contributed by atoms with Crippen molar-refractivity contribution >= 4 is 33.7 Å². The van der Waals surface area contributed by atoms with Gasteiger partial charge in [-0.15, -0.1) is 0 Å². The first-order valence-corrected chi connectivity index (χ1v) is 14.0. The van der Waals surface area contributed by atoms with Crippen molar-refractivity contribution in [2.45, 2.75) is 32.1 Å². The first-order chi connectivity index (χ1) is 20.6. The third kappa shape index (κ3) is 4.85. The summed E-state index contributed by atoms with van der Waals surface area (Å²) in [5.74, 6) is 0.164. The minimum absolute atomic E-state index is 0.0534. The van der Waals surface area contributed by atoms with E-state index < -0.39 is 0 Å². The summed E-state index contributed by atoms with van der Waals surface area (Å²) in [6, 6.07) is 14.1. The van der Waals surface area contributed by atoms with Crippen molar-refractivity contribution in [3.63, 3.8) is 0 Å². The Morgan fingerprint density at radius 3 is 2.76 bits per heavy atom. The second kappa shape index (κ2) is 10.7. The van der Waals surface area contributed by atoms with Crippen LogP contribution < -0.4 is 10.1 Å². The summed E-state index contributed by atoms with van der Waals surface area (Å²) in [6.07, 6.45) is 10.3. The minimum Gasteiger partial charge on any atom is -0.497 e. The fourth-order valence-corrected chi connectivity index (χ4v) is 5.75. The van der Waals surface area contributed by atoms with Crippen LogP contribution in [0, 0.1) is 11.7 Å². The quantitative estimate of drug-likeness (QED) is 0.203. The SMILES string of the molecule is COc1cc(F)cc(-c2ccnc3[nH]c(-c4n[nH]c5ccc(-c6cncc(NC(=O)C7CCCCC7)c6)nc45)cc23)c1. The molecule has 3 N–H and O–H groups in total. The summed E-state index contributed by atoms with van der Waals surface area (Å²) >= 11 is 0. The normalized spacial score (nSPS) is 14.0. The Morgan fingerprint density at radius 2 is 1.90 bits per heavy atom. The summed E-state index contributed by atoms with van der Waals surface area (Å²) in [7, 11) is 1.51. The monoisotopic (exact) mass is 561 g/mol. The Bertz CT molecular complexity index is 1940. The molecule has 1 fully saturated rings. The van der Waals surface area contributed by atoms with Gasteiger partial charge in [-0.1, -0.05) is 19.3 Å². The van der Waals surface area contributed by atoms with Crippen molar-refractivity contribution < 1.29 is 13.9 Å². The topological polar surface area (TPSA) is 121 Å². The Morgan fingerprint density at radius 1 is 1.02 bits per heavy atom. The lowest BCUT2D eigenvalue weighted by atomic mass is 9.88. The van der Waals surface area contributed by atoms with Crippen LogP contribution in [0.2, 0.25) is 0 Å². The molecule has 5 aromatic heterocycles. The second-order valence-corrected chi connectivity index (χ2v) is 10.6. The zero-order valence-electron chi connectivity index (χ0n) is 22.9. The van der Waals surface area contributed by atoms with Crippen LogP contribution in [0.15, 0.2) is 67.1 Å². The molecule has 210 valence electrons. The van der Waals surface area contributed by atoms with Crippen molar-refractivity contribution in [2.24, 2.45) is 5.92 Å². The van der Waals surface area contributed by atoms with E-state index in [0.717, 1.165) is 53.4 Å². The molecule has 1 amide bonds. The highest BCUT2D eigenvalue weighted by Gasteiger charge is 2.21. The first-order valence-electron chi connectivity index (χ1n) is 14.0. The molecule has 0 spiro atoms. The van der Waals surface area contributed by atoms with Crippen LogP contribution in [-0.4, -0.2) is 43.2 Å². The molecule has 1 aliphatic carbocycles. The molecule has 1 saturated carbocycles. The standard InChI is InChI=1S/C32H28FN7O2/c1-42-23-13-19(11-21(33)14-23)24-9-10-35-31-25(24)15-28(38-31)30-29-27(39-40-30)8-7-26(37-29)20-12-22(17-34-16-20)36-32(41)18-5-3-2-4-6-18/h7-18H,2-6H2,1H3,(H,35,38)(H,36,41)(H,39,40). The summed E-state index contributed by atoms with van der Waals surface area (Å²) in [5, 5.41) is 11.5. The number of amides is 1. The number of fused-ring (bicyclic) bond motifs is 2. The predicted molar refractivity (Wildman–Crippen MR) is 159 cm³/mol. The van der Waals surface area contributed by atoms with Crippen LogP contribution >= 0.6 is 0 Å². The number of H-pyrrole nitrogens is 2. The first kappa shape index (κ1) is 25.8. The van der Waals surface area contributed by atoms with Gasteiger partial charge in [0.2, 0.25) is 5.91 Å². The van der Waals surface area contributed by atoms with Crippen LogP contribution in [0.4, 0.5) is 10.1 Å². The Kier molecular flexibility index (Phi) is 6.58. The van der Waals surface area contributed by atoms with E-state index in [1.165, 1.54) is 25.7 Å². The third-order valence-electron chi connectivity index (χ3n) is 7.89. The number of carbonyl (C=O) groups is 1. The number of nitrogens with one attached hydrogen (secondary N) is 3. The van der Waals surface area contributed by atoms with Crippen LogP contribution in [-0.2, 0) is 4.79 Å². The largest absolute Gasteiger partial charge is 0.497 e. The van der Waals surface area contributed by atoms with E-state index in [0.29, 0.717) is 39.6 Å². The van der Waals surface area contributed by atoms with Gasteiger partial charge in [0.05, 0.1) is 35.9 Å². The summed E-state index contributed by atoms with van der Waals surface area (Å²) < 4.78 is 19.6. The van der Waals surface area contributed by atoms with E-state index in [1.54, 1.807) is 24.7 Å². The summed E-state index contributed by atoms with van der Waals surface area (Å²) in [6.45, 7) is 0. The Labute approximate surface area is 240 Å². The lowest BCUT2D eigenvalue weighted by molar-refractivity contribution is -0.120. The molecule has 0 radical (unpaired) electrons. The predicted octanol–water partition coefficient (Wildman–Crippen LogP) is 6.90. The number of benzene rings is 1. The number of nitrogens with zero attached hydrogens (tertiary/aromatic N) is 4. The van der Waals surface area contributed by atoms with Gasteiger partial charge in [0.25, 0.3) is 0 Å². The highest BCUT2D eigenvalue weighted by Crippen LogP contribution is 2.35. The molecular formula is C32H28FN7O2. The molecule has 9 nitrogen and oxygen atoms in total. The molecule has 7 rings (SSSR count). The van der Waals surface area contributed by atoms with Crippen LogP contribution in [0.3, 0.4) is 0 Å². The van der Waals surface area contributed by atoms with Gasteiger partial charge < -0.3 is 15.0 Å². The third-order valence-corrected chi connectivity index (χ3v) is 7.89. The van der Waals surface area contributed by atoms with Crippen LogP contribution in [0.5, 0.6) is 5.75 Å². The lowest BCUT2D eigenvalue weighted by Gasteiger charge is -2.20. The minimum atomic E-state index is -0.382. The zero-order valence-corrected chi connectivity index (χ0v) is 22.9. The van der Waals surface area contributed by atoms with Crippen molar-refractivity contribution in [1.82, 2.24) is 30.1 Å². The number of ether oxygens (including phenoxy) is 1. The molecule has 0 aliphatic heterocycles. The molecule has 5 heterocycles. The molecule has 0 saturated heterocycles. The summed E-state index contributed by atoms with van der Waals surface area (Å²) in [4.78, 5) is 29.9. The average Bonchev–Trinajstić information content (AvgIpc) is 3.65. The van der Waals surface area contributed by atoms with E-state index in [4.69, 9.17) is 9.72 Å².